The summed E-state index contributed by atoms with van der Waals surface area (Å²) in [5.41, 5.74) is 21.1. The molecule has 0 unspecified atom stereocenters. The van der Waals surface area contributed by atoms with Crippen molar-refractivity contribution in [2.45, 2.75) is 0 Å². The van der Waals surface area contributed by atoms with Crippen LogP contribution < -0.4 is 4.90 Å². The van der Waals surface area contributed by atoms with Crippen molar-refractivity contribution in [3.63, 3.8) is 0 Å². The molecular weight excluding hydrogens is 869 g/mol. The third-order valence-electron chi connectivity index (χ3n) is 14.2. The van der Waals surface area contributed by atoms with Crippen molar-refractivity contribution in [3.8, 4) is 72.4 Å². The molecule has 0 aliphatic carbocycles. The van der Waals surface area contributed by atoms with Gasteiger partial charge in [-0.05, 0) is 144 Å². The zero-order valence-electron chi connectivity index (χ0n) is 39.6. The van der Waals surface area contributed by atoms with Gasteiger partial charge in [-0.15, -0.1) is 0 Å². The maximum absolute atomic E-state index is 2.41. The van der Waals surface area contributed by atoms with Gasteiger partial charge in [0.05, 0.1) is 11.0 Å². The van der Waals surface area contributed by atoms with Crippen molar-refractivity contribution in [1.29, 1.82) is 0 Å². The molecule has 1 heterocycles. The van der Waals surface area contributed by atoms with Crippen LogP contribution in [0.15, 0.2) is 291 Å². The van der Waals surface area contributed by atoms with E-state index in [2.05, 4.69) is 301 Å². The molecule has 0 saturated heterocycles. The number of hydrogen-bond donors (Lipinski definition) is 0. The molecule has 13 rings (SSSR count). The molecule has 0 spiro atoms. The van der Waals surface area contributed by atoms with Crippen LogP contribution in [0.3, 0.4) is 0 Å². The molecule has 0 radical (unpaired) electrons. The van der Waals surface area contributed by atoms with Gasteiger partial charge in [-0.3, -0.25) is 0 Å². The van der Waals surface area contributed by atoms with Gasteiger partial charge in [0.15, 0.2) is 0 Å². The Labute approximate surface area is 420 Å². The predicted octanol–water partition coefficient (Wildman–Crippen LogP) is 19.4. The highest BCUT2D eigenvalue weighted by Crippen LogP contribution is 2.43. The minimum absolute atomic E-state index is 1.08. The molecule has 0 amide bonds. The maximum Gasteiger partial charge on any atom is 0.0547 e. The average Bonchev–Trinajstić information content (AvgIpc) is 3.80. The second kappa shape index (κ2) is 18.4. The highest BCUT2D eigenvalue weighted by atomic mass is 15.1. The van der Waals surface area contributed by atoms with Crippen molar-refractivity contribution in [2.75, 3.05) is 4.90 Å². The van der Waals surface area contributed by atoms with Crippen molar-refractivity contribution in [3.05, 3.63) is 291 Å². The van der Waals surface area contributed by atoms with Crippen molar-refractivity contribution in [2.24, 2.45) is 0 Å². The van der Waals surface area contributed by atoms with Crippen LogP contribution in [0.4, 0.5) is 17.1 Å². The number of rotatable bonds is 10. The Hall–Kier alpha value is -9.50. The summed E-state index contributed by atoms with van der Waals surface area (Å²) in [5, 5.41) is 4.97. The Morgan fingerprint density at radius 2 is 0.681 bits per heavy atom. The summed E-state index contributed by atoms with van der Waals surface area (Å²) < 4.78 is 2.41. The summed E-state index contributed by atoms with van der Waals surface area (Å²) in [6.45, 7) is 0. The molecule has 0 aliphatic heterocycles. The topological polar surface area (TPSA) is 8.17 Å². The van der Waals surface area contributed by atoms with E-state index in [1.165, 1.54) is 93.8 Å². The number of aromatic nitrogens is 1. The van der Waals surface area contributed by atoms with Crippen LogP contribution in [0, 0.1) is 0 Å². The minimum atomic E-state index is 1.08. The fraction of sp³-hybridized carbons (Fsp3) is 0. The molecule has 12 aromatic carbocycles. The molecule has 1 aromatic heterocycles. The van der Waals surface area contributed by atoms with E-state index < -0.39 is 0 Å². The van der Waals surface area contributed by atoms with E-state index in [4.69, 9.17) is 0 Å². The van der Waals surface area contributed by atoms with E-state index in [9.17, 15) is 0 Å². The first-order valence-corrected chi connectivity index (χ1v) is 24.7. The SMILES string of the molecule is c1ccc(-c2ccc(-c3ccc(N(c4ccc(-c5ccc(-c6cccc7ccccc67)cc5)cc4)c4cccc(-c5cccc6c5c5cc(-c7ccccc7)ccc5n6-c5ccccc5)c4)cc3)cc2)cc1. The zero-order chi connectivity index (χ0) is 47.8. The standard InChI is InChI=1S/C70H48N2/c1-4-15-49(16-5-1)51-29-31-52(32-30-51)54-37-42-61(43-38-54)71(62-44-39-55(40-45-62)53-33-35-57(36-34-53)65-26-13-20-56-19-10-11-25-64(56)65)63-24-12-21-59(47-63)66-27-14-28-69-70(66)67-48-58(50-17-6-2-7-18-50)41-46-68(67)72(69)60-22-8-3-9-23-60/h1-48H. The van der Waals surface area contributed by atoms with Crippen molar-refractivity contribution >= 4 is 49.6 Å². The zero-order valence-corrected chi connectivity index (χ0v) is 39.6. The Bertz CT molecular complexity index is 4020. The molecule has 72 heavy (non-hydrogen) atoms. The molecule has 2 heteroatoms. The highest BCUT2D eigenvalue weighted by Gasteiger charge is 2.20. The molecule has 0 aliphatic rings. The summed E-state index contributed by atoms with van der Waals surface area (Å²) in [4.78, 5) is 2.39. The summed E-state index contributed by atoms with van der Waals surface area (Å²) in [7, 11) is 0. The number of anilines is 3. The van der Waals surface area contributed by atoms with Crippen LogP contribution >= 0.6 is 0 Å². The molecule has 13 aromatic rings. The monoisotopic (exact) mass is 916 g/mol. The van der Waals surface area contributed by atoms with Crippen LogP contribution in [0.1, 0.15) is 0 Å². The molecule has 2 nitrogen and oxygen atoms in total. The van der Waals surface area contributed by atoms with Gasteiger partial charge < -0.3 is 9.47 Å². The predicted molar refractivity (Wildman–Crippen MR) is 306 cm³/mol. The first-order chi connectivity index (χ1) is 35.7. The third kappa shape index (κ3) is 7.92. The molecule has 0 N–H and O–H groups in total. The van der Waals surface area contributed by atoms with Crippen molar-refractivity contribution in [1.82, 2.24) is 4.57 Å². The lowest BCUT2D eigenvalue weighted by molar-refractivity contribution is 1.18. The number of para-hydroxylation sites is 1. The molecule has 0 saturated carbocycles. The van der Waals surface area contributed by atoms with E-state index in [0.717, 1.165) is 28.3 Å². The van der Waals surface area contributed by atoms with E-state index in [-0.39, 0.29) is 0 Å². The molecule has 338 valence electrons. The fourth-order valence-corrected chi connectivity index (χ4v) is 10.6. The Morgan fingerprint density at radius 1 is 0.236 bits per heavy atom. The number of hydrogen-bond acceptors (Lipinski definition) is 1. The van der Waals surface area contributed by atoms with Crippen LogP contribution in [0.5, 0.6) is 0 Å². The van der Waals surface area contributed by atoms with Gasteiger partial charge in [-0.25, -0.2) is 0 Å². The first-order valence-electron chi connectivity index (χ1n) is 24.7. The third-order valence-corrected chi connectivity index (χ3v) is 14.2. The van der Waals surface area contributed by atoms with Gasteiger partial charge in [-0.1, -0.05) is 224 Å². The van der Waals surface area contributed by atoms with Gasteiger partial charge in [0, 0.05) is 33.5 Å². The average molecular weight is 917 g/mol. The lowest BCUT2D eigenvalue weighted by Gasteiger charge is -2.26. The van der Waals surface area contributed by atoms with Gasteiger partial charge in [0.2, 0.25) is 0 Å². The second-order valence-electron chi connectivity index (χ2n) is 18.5. The van der Waals surface area contributed by atoms with E-state index >= 15 is 0 Å². The van der Waals surface area contributed by atoms with Crippen molar-refractivity contribution < 1.29 is 0 Å². The van der Waals surface area contributed by atoms with Gasteiger partial charge in [0.1, 0.15) is 0 Å². The number of benzene rings is 12. The molecular formula is C70H48N2. The maximum atomic E-state index is 2.41. The summed E-state index contributed by atoms with van der Waals surface area (Å²) in [6, 6.07) is 106. The van der Waals surface area contributed by atoms with Crippen LogP contribution in [0.25, 0.3) is 105 Å². The molecule has 0 fully saturated rings. The van der Waals surface area contributed by atoms with E-state index in [0.29, 0.717) is 0 Å². The lowest BCUT2D eigenvalue weighted by atomic mass is 9.96. The van der Waals surface area contributed by atoms with Gasteiger partial charge in [0.25, 0.3) is 0 Å². The smallest absolute Gasteiger partial charge is 0.0547 e. The lowest BCUT2D eigenvalue weighted by Crippen LogP contribution is -2.10. The summed E-state index contributed by atoms with van der Waals surface area (Å²) >= 11 is 0. The Balaban J connectivity index is 0.909. The largest absolute Gasteiger partial charge is 0.310 e. The van der Waals surface area contributed by atoms with Crippen LogP contribution in [-0.2, 0) is 0 Å². The van der Waals surface area contributed by atoms with E-state index in [1.807, 2.05) is 0 Å². The number of fused-ring (bicyclic) bond motifs is 4. The normalized spacial score (nSPS) is 11.3. The van der Waals surface area contributed by atoms with E-state index in [1.54, 1.807) is 0 Å². The van der Waals surface area contributed by atoms with Gasteiger partial charge >= 0.3 is 0 Å². The van der Waals surface area contributed by atoms with Gasteiger partial charge in [-0.2, -0.15) is 0 Å². The highest BCUT2D eigenvalue weighted by molar-refractivity contribution is 6.16. The Kier molecular flexibility index (Phi) is 10.9. The summed E-state index contributed by atoms with van der Waals surface area (Å²) in [5.74, 6) is 0. The minimum Gasteiger partial charge on any atom is -0.310 e. The van der Waals surface area contributed by atoms with Crippen LogP contribution in [0.2, 0.25) is 0 Å². The number of nitrogens with zero attached hydrogens (tertiary/aromatic N) is 2. The van der Waals surface area contributed by atoms with Crippen LogP contribution in [-0.4, -0.2) is 4.57 Å². The fourth-order valence-electron chi connectivity index (χ4n) is 10.6. The molecule has 0 atom stereocenters. The Morgan fingerprint density at radius 3 is 1.31 bits per heavy atom. The summed E-state index contributed by atoms with van der Waals surface area (Å²) in [6.07, 6.45) is 0. The molecule has 0 bridgehead atoms. The quantitative estimate of drug-likeness (QED) is 0.133. The first kappa shape index (κ1) is 42.6. The second-order valence-corrected chi connectivity index (χ2v) is 18.5.